The lowest BCUT2D eigenvalue weighted by molar-refractivity contribution is -0.122. The zero-order valence-corrected chi connectivity index (χ0v) is 15.8. The summed E-state index contributed by atoms with van der Waals surface area (Å²) >= 11 is 9.81. The average Bonchev–Trinajstić information content (AvgIpc) is 2.99. The zero-order valence-electron chi connectivity index (χ0n) is 14.2. The van der Waals surface area contributed by atoms with Crippen molar-refractivity contribution in [2.45, 2.75) is 38.8 Å². The summed E-state index contributed by atoms with van der Waals surface area (Å²) in [5, 5.41) is 15.4. The van der Waals surface area contributed by atoms with Gasteiger partial charge >= 0.3 is 12.1 Å². The highest BCUT2D eigenvalue weighted by atomic mass is 32.1. The molecule has 0 aromatic heterocycles. The third-order valence-electron chi connectivity index (χ3n) is 3.10. The first-order valence-corrected chi connectivity index (χ1v) is 8.00. The number of rotatable bonds is 0. The maximum absolute atomic E-state index is 10.7. The van der Waals surface area contributed by atoms with E-state index in [-0.39, 0.29) is 23.9 Å². The van der Waals surface area contributed by atoms with Crippen LogP contribution in [0, 0.1) is 0 Å². The quantitative estimate of drug-likeness (QED) is 0.229. The molecule has 0 saturated carbocycles. The van der Waals surface area contributed by atoms with E-state index >= 15 is 0 Å². The number of amides is 6. The fraction of sp³-hybridized carbons (Fsp3) is 0.538. The van der Waals surface area contributed by atoms with Crippen LogP contribution >= 0.6 is 24.4 Å². The molecule has 0 aromatic carbocycles. The van der Waals surface area contributed by atoms with Crippen molar-refractivity contribution in [2.75, 3.05) is 6.54 Å². The molecule has 3 fully saturated rings. The van der Waals surface area contributed by atoms with Crippen LogP contribution in [0.4, 0.5) is 9.59 Å². The Morgan fingerprint density at radius 2 is 1.40 bits per heavy atom. The number of carbonyl (C=O) groups is 4. The summed E-state index contributed by atoms with van der Waals surface area (Å²) in [6.45, 7) is 7.39. The highest BCUT2D eigenvalue weighted by molar-refractivity contribution is 7.82. The standard InChI is InChI=1S/C5H8N2O2.C5H8N2S2.C3H4N2O2/c2*1-5(2)3(8)6-4(9)7-5;6-2-1-4-3(7)5-2/h2*1-2H3,(H2,6,7,8,9);1H2,(H2,4,5,6,7). The molecule has 0 aliphatic carbocycles. The van der Waals surface area contributed by atoms with Gasteiger partial charge in [0, 0.05) is 0 Å². The van der Waals surface area contributed by atoms with Crippen molar-refractivity contribution in [1.82, 2.24) is 31.9 Å². The molecule has 0 unspecified atom stereocenters. The second-order valence-corrected chi connectivity index (χ2v) is 7.11. The first kappa shape index (κ1) is 20.7. The summed E-state index contributed by atoms with van der Waals surface area (Å²) in [6, 6.07) is -0.810. The van der Waals surface area contributed by atoms with Gasteiger partial charge in [0.05, 0.1) is 12.1 Å². The molecular weight excluding hydrogens is 368 g/mol. The van der Waals surface area contributed by atoms with Crippen molar-refractivity contribution in [3.63, 3.8) is 0 Å². The minimum atomic E-state index is -0.725. The van der Waals surface area contributed by atoms with E-state index in [1.807, 2.05) is 19.2 Å². The Balaban J connectivity index is 0.000000189. The van der Waals surface area contributed by atoms with Gasteiger partial charge in [-0.15, -0.1) is 0 Å². The molecule has 6 amide bonds. The molecule has 0 radical (unpaired) electrons. The number of hydrogen-bond donors (Lipinski definition) is 6. The number of thiocarbonyl (C=S) groups is 2. The van der Waals surface area contributed by atoms with Gasteiger partial charge in [-0.2, -0.15) is 0 Å². The Kier molecular flexibility index (Phi) is 6.37. The lowest BCUT2D eigenvalue weighted by Crippen LogP contribution is -2.39. The van der Waals surface area contributed by atoms with Gasteiger partial charge in [-0.1, -0.05) is 12.2 Å². The summed E-state index contributed by atoms with van der Waals surface area (Å²) < 4.78 is 0. The molecule has 3 saturated heterocycles. The molecule has 10 nitrogen and oxygen atoms in total. The molecule has 0 aromatic rings. The highest BCUT2D eigenvalue weighted by Crippen LogP contribution is 2.08. The maximum Gasteiger partial charge on any atom is 0.322 e. The lowest BCUT2D eigenvalue weighted by atomic mass is 10.1. The van der Waals surface area contributed by atoms with Gasteiger partial charge in [-0.05, 0) is 39.9 Å². The van der Waals surface area contributed by atoms with Gasteiger partial charge in [0.1, 0.15) is 10.5 Å². The summed E-state index contributed by atoms with van der Waals surface area (Å²) in [4.78, 5) is 42.0. The van der Waals surface area contributed by atoms with E-state index in [2.05, 4.69) is 26.6 Å². The predicted octanol–water partition coefficient (Wildman–Crippen LogP) is -1.000. The van der Waals surface area contributed by atoms with Crippen molar-refractivity contribution < 1.29 is 19.2 Å². The topological polar surface area (TPSA) is 140 Å². The van der Waals surface area contributed by atoms with Crippen LogP contribution in [0.3, 0.4) is 0 Å². The summed E-state index contributed by atoms with van der Waals surface area (Å²) in [7, 11) is 0. The van der Waals surface area contributed by atoms with E-state index in [0.717, 1.165) is 4.99 Å². The highest BCUT2D eigenvalue weighted by Gasteiger charge is 2.36. The van der Waals surface area contributed by atoms with Crippen molar-refractivity contribution in [3.05, 3.63) is 0 Å². The van der Waals surface area contributed by atoms with Gasteiger partial charge in [-0.25, -0.2) is 9.59 Å². The Labute approximate surface area is 155 Å². The van der Waals surface area contributed by atoms with Crippen LogP contribution in [0.5, 0.6) is 0 Å². The van der Waals surface area contributed by atoms with Crippen LogP contribution in [-0.4, -0.2) is 51.6 Å². The van der Waals surface area contributed by atoms with Gasteiger partial charge < -0.3 is 21.3 Å². The number of nitrogens with one attached hydrogen (secondary N) is 6. The molecular formula is C13H20N6O4S2. The summed E-state index contributed by atoms with van der Waals surface area (Å²) in [5.74, 6) is -0.530. The molecule has 3 aliphatic rings. The molecule has 25 heavy (non-hydrogen) atoms. The van der Waals surface area contributed by atoms with Crippen LogP contribution in [0.1, 0.15) is 27.7 Å². The SMILES string of the molecule is CC1(C)NC(=O)NC1=O.CC1(C)NC(=S)NC1=S.O=C1CNC(=O)N1. The van der Waals surface area contributed by atoms with Crippen LogP contribution < -0.4 is 31.9 Å². The van der Waals surface area contributed by atoms with E-state index in [1.165, 1.54) is 0 Å². The molecule has 3 aliphatic heterocycles. The smallest absolute Gasteiger partial charge is 0.322 e. The van der Waals surface area contributed by atoms with Crippen molar-refractivity contribution in [3.8, 4) is 0 Å². The predicted molar refractivity (Wildman–Crippen MR) is 97.8 cm³/mol. The molecule has 3 rings (SSSR count). The van der Waals surface area contributed by atoms with Gasteiger partial charge in [-0.3, -0.25) is 20.2 Å². The molecule has 0 spiro atoms. The second-order valence-electron chi connectivity index (χ2n) is 6.30. The minimum Gasteiger partial charge on any atom is -0.351 e. The largest absolute Gasteiger partial charge is 0.351 e. The van der Waals surface area contributed by atoms with Crippen LogP contribution in [-0.2, 0) is 9.59 Å². The number of carbonyl (C=O) groups excluding carboxylic acids is 4. The average molecular weight is 388 g/mol. The van der Waals surface area contributed by atoms with Crippen LogP contribution in [0.2, 0.25) is 0 Å². The Hall–Kier alpha value is -2.34. The number of hydrogen-bond acceptors (Lipinski definition) is 6. The van der Waals surface area contributed by atoms with E-state index in [9.17, 15) is 19.2 Å². The van der Waals surface area contributed by atoms with Gasteiger partial charge in [0.2, 0.25) is 5.91 Å². The lowest BCUT2D eigenvalue weighted by Gasteiger charge is -2.14. The van der Waals surface area contributed by atoms with E-state index in [1.54, 1.807) is 13.8 Å². The normalized spacial score (nSPS) is 22.1. The van der Waals surface area contributed by atoms with Crippen molar-refractivity contribution in [2.24, 2.45) is 0 Å². The Bertz CT molecular complexity index is 592. The molecule has 6 N–H and O–H groups in total. The first-order valence-electron chi connectivity index (χ1n) is 7.18. The Morgan fingerprint density at radius 1 is 0.800 bits per heavy atom. The monoisotopic (exact) mass is 388 g/mol. The van der Waals surface area contributed by atoms with Crippen molar-refractivity contribution in [1.29, 1.82) is 0 Å². The van der Waals surface area contributed by atoms with Crippen LogP contribution in [0.25, 0.3) is 0 Å². The molecule has 3 heterocycles. The maximum atomic E-state index is 10.7. The Morgan fingerprint density at radius 3 is 1.52 bits per heavy atom. The fourth-order valence-electron chi connectivity index (χ4n) is 1.64. The number of imide groups is 2. The second kappa shape index (κ2) is 7.70. The number of urea groups is 2. The third-order valence-corrected chi connectivity index (χ3v) is 3.92. The third kappa shape index (κ3) is 6.23. The summed E-state index contributed by atoms with van der Waals surface area (Å²) in [6.07, 6.45) is 0. The summed E-state index contributed by atoms with van der Waals surface area (Å²) in [5.41, 5.74) is -0.872. The first-order chi connectivity index (χ1) is 11.3. The molecule has 138 valence electrons. The molecule has 12 heteroatoms. The van der Waals surface area contributed by atoms with E-state index < -0.39 is 17.6 Å². The molecule has 0 bridgehead atoms. The fourth-order valence-corrected chi connectivity index (χ4v) is 2.21. The minimum absolute atomic E-state index is 0.124. The molecule has 0 atom stereocenters. The van der Waals surface area contributed by atoms with Gasteiger partial charge in [0.25, 0.3) is 5.91 Å². The van der Waals surface area contributed by atoms with E-state index in [0.29, 0.717) is 5.11 Å². The van der Waals surface area contributed by atoms with Gasteiger partial charge in [0.15, 0.2) is 5.11 Å². The zero-order chi connectivity index (χ0) is 19.4. The van der Waals surface area contributed by atoms with Crippen LogP contribution in [0.15, 0.2) is 0 Å². The van der Waals surface area contributed by atoms with Crippen molar-refractivity contribution >= 4 is 58.4 Å². The van der Waals surface area contributed by atoms with E-state index in [4.69, 9.17) is 24.4 Å².